The Morgan fingerprint density at radius 2 is 1.73 bits per heavy atom. The minimum absolute atomic E-state index is 0.538. The number of para-hydroxylation sites is 2. The first-order chi connectivity index (χ1) is 17.6. The number of nitrogens with one attached hydrogen (secondary N) is 1. The van der Waals surface area contributed by atoms with Crippen molar-refractivity contribution < 1.29 is 27.8 Å². The van der Waals surface area contributed by atoms with Gasteiger partial charge in [-0.3, -0.25) is 4.90 Å². The van der Waals surface area contributed by atoms with Gasteiger partial charge in [0.2, 0.25) is 0 Å². The van der Waals surface area contributed by atoms with Gasteiger partial charge in [-0.2, -0.15) is 13.2 Å². The van der Waals surface area contributed by atoms with Gasteiger partial charge in [0.15, 0.2) is 11.6 Å². The minimum Gasteiger partial charge on any atom is -0.497 e. The molecule has 2 aromatic carbocycles. The van der Waals surface area contributed by atoms with Crippen LogP contribution in [0.4, 0.5) is 24.8 Å². The summed E-state index contributed by atoms with van der Waals surface area (Å²) in [6.45, 7) is 4.54. The van der Waals surface area contributed by atoms with Crippen molar-refractivity contribution in [3.63, 3.8) is 0 Å². The van der Waals surface area contributed by atoms with Crippen molar-refractivity contribution in [2.45, 2.75) is 31.6 Å². The van der Waals surface area contributed by atoms with Crippen molar-refractivity contribution in [3.8, 4) is 5.75 Å². The third kappa shape index (κ3) is 7.14. The van der Waals surface area contributed by atoms with Crippen molar-refractivity contribution >= 4 is 40.2 Å². The molecule has 2 aliphatic rings. The number of methoxy groups -OCH3 is 1. The van der Waals surface area contributed by atoms with E-state index in [4.69, 9.17) is 36.2 Å². The number of aromatic nitrogens is 2. The fourth-order valence-corrected chi connectivity index (χ4v) is 4.06. The Morgan fingerprint density at radius 3 is 2.30 bits per heavy atom. The Hall–Kier alpha value is -3.31. The maximum Gasteiger partial charge on any atom is 0.490 e. The van der Waals surface area contributed by atoms with E-state index in [1.807, 2.05) is 42.5 Å². The van der Waals surface area contributed by atoms with Crippen LogP contribution in [0.15, 0.2) is 42.5 Å². The van der Waals surface area contributed by atoms with Gasteiger partial charge in [0, 0.05) is 43.8 Å². The van der Waals surface area contributed by atoms with Crippen LogP contribution in [0.1, 0.15) is 18.4 Å². The van der Waals surface area contributed by atoms with E-state index in [1.165, 1.54) is 12.8 Å². The fraction of sp³-hybridized carbons (Fsp3) is 0.400. The van der Waals surface area contributed by atoms with Crippen molar-refractivity contribution in [2.75, 3.05) is 43.5 Å². The number of carboxylic acid groups (broad SMARTS) is 1. The van der Waals surface area contributed by atoms with Crippen LogP contribution in [-0.2, 0) is 11.3 Å². The number of halogens is 4. The van der Waals surface area contributed by atoms with E-state index in [9.17, 15) is 13.2 Å². The van der Waals surface area contributed by atoms with E-state index in [2.05, 4.69) is 15.1 Å². The van der Waals surface area contributed by atoms with Crippen LogP contribution in [0, 0.1) is 0 Å². The summed E-state index contributed by atoms with van der Waals surface area (Å²) < 4.78 is 37.1. The van der Waals surface area contributed by atoms with Crippen LogP contribution < -0.4 is 15.0 Å². The quantitative estimate of drug-likeness (QED) is 0.462. The second-order valence-electron chi connectivity index (χ2n) is 8.83. The normalized spacial score (nSPS) is 16.2. The van der Waals surface area contributed by atoms with Crippen molar-refractivity contribution in [2.24, 2.45) is 0 Å². The van der Waals surface area contributed by atoms with Gasteiger partial charge in [0.05, 0.1) is 18.1 Å². The van der Waals surface area contributed by atoms with Crippen molar-refractivity contribution in [3.05, 3.63) is 53.1 Å². The lowest BCUT2D eigenvalue weighted by Gasteiger charge is -2.36. The lowest BCUT2D eigenvalue weighted by Crippen LogP contribution is -2.46. The van der Waals surface area contributed by atoms with E-state index >= 15 is 0 Å². The topological polar surface area (TPSA) is 90.8 Å². The smallest absolute Gasteiger partial charge is 0.490 e. The highest BCUT2D eigenvalue weighted by Crippen LogP contribution is 2.31. The highest BCUT2D eigenvalue weighted by Gasteiger charge is 2.38. The Balaban J connectivity index is 0.000000405. The van der Waals surface area contributed by atoms with Gasteiger partial charge in [-0.15, -0.1) is 0 Å². The van der Waals surface area contributed by atoms with E-state index in [1.54, 1.807) is 7.11 Å². The number of hydrogen-bond acceptors (Lipinski definition) is 7. The van der Waals surface area contributed by atoms with E-state index in [0.717, 1.165) is 71.7 Å². The minimum atomic E-state index is -5.08. The molecule has 8 nitrogen and oxygen atoms in total. The van der Waals surface area contributed by atoms with Crippen LogP contribution in [0.3, 0.4) is 0 Å². The van der Waals surface area contributed by atoms with Crippen LogP contribution >= 0.6 is 11.6 Å². The molecule has 12 heteroatoms. The number of ether oxygens (including phenoxy) is 1. The number of piperazine rings is 1. The molecule has 2 fully saturated rings. The average Bonchev–Trinajstić information content (AvgIpc) is 3.69. The molecule has 0 amide bonds. The molecule has 3 aromatic rings. The number of nitrogens with zero attached hydrogens (tertiary/aromatic N) is 4. The Labute approximate surface area is 217 Å². The maximum absolute atomic E-state index is 10.6. The lowest BCUT2D eigenvalue weighted by molar-refractivity contribution is -0.192. The van der Waals surface area contributed by atoms with E-state index in [0.29, 0.717) is 6.04 Å². The van der Waals surface area contributed by atoms with Crippen molar-refractivity contribution in [1.82, 2.24) is 14.9 Å². The molecule has 1 aliphatic carbocycles. The molecule has 1 aliphatic heterocycles. The number of benzene rings is 2. The highest BCUT2D eigenvalue weighted by atomic mass is 35.5. The van der Waals surface area contributed by atoms with Gasteiger partial charge in [-0.25, -0.2) is 14.8 Å². The summed E-state index contributed by atoms with van der Waals surface area (Å²) in [6.07, 6.45) is -2.66. The monoisotopic (exact) mass is 537 g/mol. The molecule has 37 heavy (non-hydrogen) atoms. The zero-order valence-corrected chi connectivity index (χ0v) is 20.9. The fourth-order valence-electron chi connectivity index (χ4n) is 3.89. The number of carbonyl (C=O) groups is 1. The molecule has 1 aromatic heterocycles. The Kier molecular flexibility index (Phi) is 8.23. The Morgan fingerprint density at radius 1 is 1.11 bits per heavy atom. The van der Waals surface area contributed by atoms with Gasteiger partial charge in [-0.1, -0.05) is 23.7 Å². The summed E-state index contributed by atoms with van der Waals surface area (Å²) in [6, 6.07) is 14.5. The molecule has 5 rings (SSSR count). The molecule has 1 saturated heterocycles. The van der Waals surface area contributed by atoms with E-state index in [-0.39, 0.29) is 0 Å². The number of rotatable bonds is 6. The second kappa shape index (κ2) is 11.4. The summed E-state index contributed by atoms with van der Waals surface area (Å²) in [5, 5.41) is 11.5. The molecular formula is C25H27ClF3N5O3. The average molecular weight is 538 g/mol. The number of anilines is 2. The number of aliphatic carboxylic acids is 1. The molecule has 1 saturated carbocycles. The molecule has 0 spiro atoms. The predicted octanol–water partition coefficient (Wildman–Crippen LogP) is 4.82. The zero-order chi connectivity index (χ0) is 26.6. The molecule has 0 atom stereocenters. The van der Waals surface area contributed by atoms with Gasteiger partial charge in [-0.05, 0) is 48.7 Å². The number of fused-ring (bicyclic) bond motifs is 1. The Bertz CT molecular complexity index is 1250. The number of carboxylic acids is 1. The van der Waals surface area contributed by atoms with Crippen LogP contribution in [0.5, 0.6) is 5.75 Å². The van der Waals surface area contributed by atoms with Gasteiger partial charge in [0.1, 0.15) is 5.75 Å². The first-order valence-corrected chi connectivity index (χ1v) is 12.1. The molecule has 2 heterocycles. The summed E-state index contributed by atoms with van der Waals surface area (Å²) in [4.78, 5) is 23.5. The van der Waals surface area contributed by atoms with Crippen molar-refractivity contribution in [1.29, 1.82) is 0 Å². The van der Waals surface area contributed by atoms with Crippen LogP contribution in [-0.4, -0.2) is 71.5 Å². The van der Waals surface area contributed by atoms with E-state index < -0.39 is 12.1 Å². The molecule has 198 valence electrons. The standard InChI is InChI=1S/C23H26ClN5O.C2HF3O2/c1-30-18-8-9-19(24)16(14-18)15-28-10-12-29(13-11-28)23-22(25-17-6-7-17)26-20-4-2-3-5-21(20)27-23;3-2(4,5)1(6)7/h2-5,8-9,14,17H,6-7,10-13,15H2,1H3,(H,25,26);(H,6,7). The van der Waals surface area contributed by atoms with Crippen LogP contribution in [0.2, 0.25) is 5.02 Å². The summed E-state index contributed by atoms with van der Waals surface area (Å²) >= 11 is 6.41. The summed E-state index contributed by atoms with van der Waals surface area (Å²) in [5.41, 5.74) is 2.99. The molecule has 0 radical (unpaired) electrons. The first kappa shape index (κ1) is 26.7. The number of hydrogen-bond donors (Lipinski definition) is 2. The SMILES string of the molecule is COc1ccc(Cl)c(CN2CCN(c3nc4ccccc4nc3NC3CC3)CC2)c1.O=C(O)C(F)(F)F. The van der Waals surface area contributed by atoms with Gasteiger partial charge < -0.3 is 20.1 Å². The summed E-state index contributed by atoms with van der Waals surface area (Å²) in [7, 11) is 1.68. The third-order valence-electron chi connectivity index (χ3n) is 6.03. The maximum atomic E-state index is 10.6. The first-order valence-electron chi connectivity index (χ1n) is 11.8. The highest BCUT2D eigenvalue weighted by molar-refractivity contribution is 6.31. The zero-order valence-electron chi connectivity index (χ0n) is 20.1. The largest absolute Gasteiger partial charge is 0.497 e. The second-order valence-corrected chi connectivity index (χ2v) is 9.23. The summed E-state index contributed by atoms with van der Waals surface area (Å²) in [5.74, 6) is -0.0251. The molecular weight excluding hydrogens is 511 g/mol. The van der Waals surface area contributed by atoms with Gasteiger partial charge in [0.25, 0.3) is 0 Å². The molecule has 0 bridgehead atoms. The lowest BCUT2D eigenvalue weighted by atomic mass is 10.2. The van der Waals surface area contributed by atoms with Gasteiger partial charge >= 0.3 is 12.1 Å². The van der Waals surface area contributed by atoms with Crippen LogP contribution in [0.25, 0.3) is 11.0 Å². The third-order valence-corrected chi connectivity index (χ3v) is 6.40. The number of alkyl halides is 3. The molecule has 0 unspecified atom stereocenters. The molecule has 2 N–H and O–H groups in total. The predicted molar refractivity (Wildman–Crippen MR) is 135 cm³/mol.